The third kappa shape index (κ3) is 4.11. The normalized spacial score (nSPS) is 16.5. The van der Waals surface area contributed by atoms with E-state index in [9.17, 15) is 14.7 Å². The molecular formula is C19H21NO5S. The van der Waals surface area contributed by atoms with Crippen molar-refractivity contribution in [2.75, 3.05) is 19.7 Å². The van der Waals surface area contributed by atoms with Crippen LogP contribution < -0.4 is 0 Å². The average Bonchev–Trinajstić information content (AvgIpc) is 3.07. The van der Waals surface area contributed by atoms with Crippen molar-refractivity contribution < 1.29 is 23.8 Å². The molecule has 1 aliphatic heterocycles. The first-order chi connectivity index (χ1) is 12.4. The molecule has 1 aromatic carbocycles. The van der Waals surface area contributed by atoms with E-state index in [4.69, 9.17) is 9.15 Å². The number of thioether (sulfide) groups is 1. The van der Waals surface area contributed by atoms with Gasteiger partial charge < -0.3 is 19.2 Å². The molecule has 3 rings (SSSR count). The maximum absolute atomic E-state index is 13.0. The highest BCUT2D eigenvalue weighted by atomic mass is 32.2. The van der Waals surface area contributed by atoms with Crippen LogP contribution in [0, 0.1) is 0 Å². The number of hydrogen-bond donors (Lipinski definition) is 1. The van der Waals surface area contributed by atoms with Crippen molar-refractivity contribution in [3.8, 4) is 0 Å². The van der Waals surface area contributed by atoms with Crippen LogP contribution >= 0.6 is 11.8 Å². The third-order valence-electron chi connectivity index (χ3n) is 4.16. The summed E-state index contributed by atoms with van der Waals surface area (Å²) in [6.45, 7) is 5.55. The molecule has 1 aliphatic rings. The second kappa shape index (κ2) is 7.55. The zero-order chi connectivity index (χ0) is 18.7. The van der Waals surface area contributed by atoms with Crippen LogP contribution in [0.5, 0.6) is 0 Å². The van der Waals surface area contributed by atoms with Gasteiger partial charge in [0.2, 0.25) is 0 Å². The van der Waals surface area contributed by atoms with Crippen molar-refractivity contribution in [1.29, 1.82) is 0 Å². The van der Waals surface area contributed by atoms with Crippen LogP contribution in [-0.4, -0.2) is 47.2 Å². The summed E-state index contributed by atoms with van der Waals surface area (Å²) in [6, 6.07) is 8.80. The number of benzene rings is 1. The van der Waals surface area contributed by atoms with E-state index in [1.807, 2.05) is 32.0 Å². The molecule has 0 aliphatic carbocycles. The van der Waals surface area contributed by atoms with Crippen LogP contribution in [0.25, 0.3) is 0 Å². The molecule has 138 valence electrons. The fourth-order valence-electron chi connectivity index (χ4n) is 2.92. The Morgan fingerprint density at radius 2 is 2.00 bits per heavy atom. The Balaban J connectivity index is 1.76. The number of hydrogen-bond acceptors (Lipinski definition) is 5. The van der Waals surface area contributed by atoms with Gasteiger partial charge >= 0.3 is 5.97 Å². The van der Waals surface area contributed by atoms with Gasteiger partial charge in [-0.25, -0.2) is 4.79 Å². The molecule has 0 atom stereocenters. The van der Waals surface area contributed by atoms with Gasteiger partial charge in [0.15, 0.2) is 0 Å². The number of aromatic carboxylic acids is 1. The smallest absolute Gasteiger partial charge is 0.339 e. The van der Waals surface area contributed by atoms with Crippen LogP contribution in [0.2, 0.25) is 0 Å². The van der Waals surface area contributed by atoms with Gasteiger partial charge in [-0.1, -0.05) is 12.1 Å². The van der Waals surface area contributed by atoms with Gasteiger partial charge in [0, 0.05) is 18.0 Å². The Morgan fingerprint density at radius 3 is 2.73 bits per heavy atom. The van der Waals surface area contributed by atoms with Gasteiger partial charge in [-0.15, -0.1) is 11.8 Å². The van der Waals surface area contributed by atoms with E-state index in [2.05, 4.69) is 0 Å². The van der Waals surface area contributed by atoms with Crippen molar-refractivity contribution in [2.45, 2.75) is 30.1 Å². The number of amides is 1. The molecule has 1 aromatic heterocycles. The zero-order valence-electron chi connectivity index (χ0n) is 14.7. The van der Waals surface area contributed by atoms with Gasteiger partial charge in [0.25, 0.3) is 5.91 Å². The second-order valence-corrected chi connectivity index (χ2v) is 7.70. The maximum atomic E-state index is 13.0. The number of nitrogens with zero attached hydrogens (tertiary/aromatic N) is 1. The van der Waals surface area contributed by atoms with E-state index in [0.717, 1.165) is 4.90 Å². The van der Waals surface area contributed by atoms with E-state index in [1.54, 1.807) is 11.0 Å². The van der Waals surface area contributed by atoms with Gasteiger partial charge in [-0.2, -0.15) is 0 Å². The first-order valence-corrected chi connectivity index (χ1v) is 9.31. The zero-order valence-corrected chi connectivity index (χ0v) is 15.5. The van der Waals surface area contributed by atoms with Gasteiger partial charge in [0.05, 0.1) is 29.8 Å². The first kappa shape index (κ1) is 18.5. The SMILES string of the molecule is CC1(C)CN(C(=O)c2ccccc2SCc2occc2C(=O)O)CCO1. The lowest BCUT2D eigenvalue weighted by Gasteiger charge is -2.38. The minimum Gasteiger partial charge on any atom is -0.478 e. The number of carboxylic acid groups (broad SMARTS) is 1. The number of morpholine rings is 1. The average molecular weight is 375 g/mol. The van der Waals surface area contributed by atoms with Crippen molar-refractivity contribution in [1.82, 2.24) is 4.90 Å². The number of carboxylic acids is 1. The molecule has 0 saturated carbocycles. The molecule has 1 N–H and O–H groups in total. The largest absolute Gasteiger partial charge is 0.478 e. The lowest BCUT2D eigenvalue weighted by atomic mass is 10.1. The third-order valence-corrected chi connectivity index (χ3v) is 5.24. The summed E-state index contributed by atoms with van der Waals surface area (Å²) < 4.78 is 11.0. The predicted octanol–water partition coefficient (Wildman–Crippen LogP) is 3.52. The first-order valence-electron chi connectivity index (χ1n) is 8.32. The molecule has 26 heavy (non-hydrogen) atoms. The molecule has 1 fully saturated rings. The summed E-state index contributed by atoms with van der Waals surface area (Å²) >= 11 is 1.39. The Bertz CT molecular complexity index is 814. The van der Waals surface area contributed by atoms with E-state index in [1.165, 1.54) is 24.1 Å². The fourth-order valence-corrected chi connectivity index (χ4v) is 3.91. The van der Waals surface area contributed by atoms with Crippen molar-refractivity contribution in [2.24, 2.45) is 0 Å². The lowest BCUT2D eigenvalue weighted by Crippen LogP contribution is -2.50. The summed E-state index contributed by atoms with van der Waals surface area (Å²) in [5.74, 6) is -0.332. The molecule has 0 unspecified atom stereocenters. The minimum absolute atomic E-state index is 0.0395. The molecule has 0 spiro atoms. The van der Waals surface area contributed by atoms with Crippen LogP contribution in [0.4, 0.5) is 0 Å². The monoisotopic (exact) mass is 375 g/mol. The number of rotatable bonds is 5. The molecule has 2 heterocycles. The number of furan rings is 1. The van der Waals surface area contributed by atoms with E-state index >= 15 is 0 Å². The van der Waals surface area contributed by atoms with Crippen molar-refractivity contribution in [3.63, 3.8) is 0 Å². The Kier molecular flexibility index (Phi) is 5.38. The predicted molar refractivity (Wildman–Crippen MR) is 97.6 cm³/mol. The van der Waals surface area contributed by atoms with Crippen LogP contribution in [-0.2, 0) is 10.5 Å². The van der Waals surface area contributed by atoms with E-state index in [0.29, 0.717) is 36.8 Å². The standard InChI is InChI=1S/C19H21NO5S/c1-19(2)12-20(8-10-25-19)17(21)14-5-3-4-6-16(14)26-11-15-13(18(22)23)7-9-24-15/h3-7,9H,8,10-12H2,1-2H3,(H,22,23). The summed E-state index contributed by atoms with van der Waals surface area (Å²) in [5.41, 5.74) is 0.399. The maximum Gasteiger partial charge on any atom is 0.339 e. The Morgan fingerprint density at radius 1 is 1.23 bits per heavy atom. The molecule has 0 bridgehead atoms. The minimum atomic E-state index is -1.02. The van der Waals surface area contributed by atoms with E-state index in [-0.39, 0.29) is 17.1 Å². The van der Waals surface area contributed by atoms with Crippen LogP contribution in [0.15, 0.2) is 45.9 Å². The highest BCUT2D eigenvalue weighted by Crippen LogP contribution is 2.29. The topological polar surface area (TPSA) is 80.0 Å². The summed E-state index contributed by atoms with van der Waals surface area (Å²) in [6.07, 6.45) is 1.37. The van der Waals surface area contributed by atoms with Gasteiger partial charge in [0.1, 0.15) is 11.3 Å². The summed E-state index contributed by atoms with van der Waals surface area (Å²) in [7, 11) is 0. The highest BCUT2D eigenvalue weighted by Gasteiger charge is 2.31. The molecule has 7 heteroatoms. The lowest BCUT2D eigenvalue weighted by molar-refractivity contribution is -0.0764. The van der Waals surface area contributed by atoms with E-state index < -0.39 is 5.97 Å². The molecule has 0 radical (unpaired) electrons. The molecule has 2 aromatic rings. The molecule has 1 amide bonds. The Labute approximate surface area is 156 Å². The quantitative estimate of drug-likeness (QED) is 0.806. The highest BCUT2D eigenvalue weighted by molar-refractivity contribution is 7.98. The van der Waals surface area contributed by atoms with Crippen molar-refractivity contribution in [3.05, 3.63) is 53.5 Å². The number of carbonyl (C=O) groups excluding carboxylic acids is 1. The molecule has 1 saturated heterocycles. The van der Waals surface area contributed by atoms with Gasteiger partial charge in [-0.3, -0.25) is 4.79 Å². The number of ether oxygens (including phenoxy) is 1. The Hall–Kier alpha value is -2.25. The molecule has 6 nitrogen and oxygen atoms in total. The van der Waals surface area contributed by atoms with Crippen LogP contribution in [0.1, 0.15) is 40.3 Å². The number of carbonyl (C=O) groups is 2. The van der Waals surface area contributed by atoms with Gasteiger partial charge in [-0.05, 0) is 32.0 Å². The van der Waals surface area contributed by atoms with Crippen LogP contribution in [0.3, 0.4) is 0 Å². The second-order valence-electron chi connectivity index (χ2n) is 6.68. The molecular weight excluding hydrogens is 354 g/mol. The summed E-state index contributed by atoms with van der Waals surface area (Å²) in [5, 5.41) is 9.17. The van der Waals surface area contributed by atoms with Crippen molar-refractivity contribution >= 4 is 23.6 Å². The fraction of sp³-hybridized carbons (Fsp3) is 0.368. The summed E-state index contributed by atoms with van der Waals surface area (Å²) in [4.78, 5) is 26.8.